The maximum absolute atomic E-state index is 6.86. The Morgan fingerprint density at radius 3 is 0.958 bits per heavy atom. The van der Waals surface area contributed by atoms with E-state index < -0.39 is 24.7 Å². The van der Waals surface area contributed by atoms with Crippen molar-refractivity contribution in [2.45, 2.75) is 123 Å². The first-order valence-corrected chi connectivity index (χ1v) is 26.4. The topological polar surface area (TPSA) is 0 Å². The Hall–Kier alpha value is 1.67. The molecule has 2 atom stereocenters. The number of hydrogen-bond acceptors (Lipinski definition) is 0. The van der Waals surface area contributed by atoms with E-state index in [9.17, 15) is 0 Å². The second-order valence-corrected chi connectivity index (χ2v) is 33.9. The molecule has 2 unspecified atom stereocenters. The summed E-state index contributed by atoms with van der Waals surface area (Å²) in [4.78, 5) is 0. The van der Waals surface area contributed by atoms with E-state index in [1.165, 1.54) is 98.1 Å². The van der Waals surface area contributed by atoms with Crippen molar-refractivity contribution >= 4 is 44.7 Å². The predicted octanol–water partition coefficient (Wildman–Crippen LogP) is 9.34. The van der Waals surface area contributed by atoms with Crippen LogP contribution in [0.1, 0.15) is 90.9 Å². The van der Waals surface area contributed by atoms with Crippen molar-refractivity contribution in [3.63, 3.8) is 0 Å². The van der Waals surface area contributed by atoms with Gasteiger partial charge < -0.3 is 0 Å². The fourth-order valence-electron chi connectivity index (χ4n) is 3.43. The molecule has 0 aromatic heterocycles. The number of halogens is 2. The molecule has 0 spiro atoms. The fourth-order valence-corrected chi connectivity index (χ4v) is 15.5. The van der Waals surface area contributed by atoms with E-state index in [0.29, 0.717) is 0 Å². The van der Waals surface area contributed by atoms with Crippen molar-refractivity contribution in [1.29, 1.82) is 0 Å². The standard InChI is InChI=1S/C20H44Cl2Ge2/c1-5-7-9-13-17-23(3,21)19-15-11-12-16-20-24(4,22)18-14-10-8-6-2/h5-20H2,1-4H3. The molecule has 0 aliphatic rings. The summed E-state index contributed by atoms with van der Waals surface area (Å²) in [6, 6.07) is 0. The monoisotopic (exact) mass is 502 g/mol. The molecule has 0 N–H and O–H groups in total. The molecule has 0 nitrogen and oxygen atoms in total. The summed E-state index contributed by atoms with van der Waals surface area (Å²) in [6.07, 6.45) is 16.5. The summed E-state index contributed by atoms with van der Waals surface area (Å²) < 4.78 is 0. The predicted molar refractivity (Wildman–Crippen MR) is 121 cm³/mol. The molecule has 0 aliphatic heterocycles. The zero-order valence-corrected chi connectivity index (χ0v) is 22.8. The van der Waals surface area contributed by atoms with E-state index in [4.69, 9.17) is 20.0 Å². The van der Waals surface area contributed by atoms with Crippen LogP contribution < -0.4 is 0 Å². The maximum atomic E-state index is 6.86. The van der Waals surface area contributed by atoms with Crippen LogP contribution in [0, 0.1) is 0 Å². The Morgan fingerprint density at radius 2 is 0.708 bits per heavy atom. The molecule has 24 heavy (non-hydrogen) atoms. The van der Waals surface area contributed by atoms with Crippen LogP contribution in [-0.4, -0.2) is 24.7 Å². The summed E-state index contributed by atoms with van der Waals surface area (Å²) >= 11 is -3.85. The molecule has 0 aliphatic carbocycles. The first-order chi connectivity index (χ1) is 11.3. The van der Waals surface area contributed by atoms with Gasteiger partial charge in [-0.3, -0.25) is 0 Å². The van der Waals surface area contributed by atoms with Crippen molar-refractivity contribution in [3.8, 4) is 0 Å². The van der Waals surface area contributed by atoms with E-state index in [2.05, 4.69) is 25.4 Å². The van der Waals surface area contributed by atoms with Gasteiger partial charge >= 0.3 is 168 Å². The molecule has 4 heteroatoms. The molecule has 0 fully saturated rings. The van der Waals surface area contributed by atoms with E-state index in [1.807, 2.05) is 0 Å². The zero-order chi connectivity index (χ0) is 18.3. The van der Waals surface area contributed by atoms with Crippen LogP contribution in [0.2, 0.25) is 32.5 Å². The second kappa shape index (κ2) is 15.7. The van der Waals surface area contributed by atoms with Crippen molar-refractivity contribution in [2.24, 2.45) is 0 Å². The summed E-state index contributed by atoms with van der Waals surface area (Å²) in [7, 11) is 13.7. The van der Waals surface area contributed by atoms with Crippen molar-refractivity contribution in [3.05, 3.63) is 0 Å². The third-order valence-corrected chi connectivity index (χ3v) is 20.9. The molecule has 0 heterocycles. The molecule has 0 radical (unpaired) electrons. The van der Waals surface area contributed by atoms with Crippen LogP contribution >= 0.6 is 20.0 Å². The van der Waals surface area contributed by atoms with Gasteiger partial charge in [0, 0.05) is 0 Å². The number of unbranched alkanes of at least 4 members (excludes halogenated alkanes) is 9. The fraction of sp³-hybridized carbons (Fsp3) is 1.00. The Labute approximate surface area is 167 Å². The Bertz CT molecular complexity index is 253. The van der Waals surface area contributed by atoms with Gasteiger partial charge in [0.05, 0.1) is 0 Å². The van der Waals surface area contributed by atoms with Gasteiger partial charge in [0.15, 0.2) is 0 Å². The Balaban J connectivity index is 3.60. The van der Waals surface area contributed by atoms with Crippen molar-refractivity contribution < 1.29 is 0 Å². The average molecular weight is 501 g/mol. The van der Waals surface area contributed by atoms with Crippen LogP contribution in [-0.2, 0) is 0 Å². The minimum atomic E-state index is -1.93. The van der Waals surface area contributed by atoms with E-state index in [-0.39, 0.29) is 0 Å². The van der Waals surface area contributed by atoms with Gasteiger partial charge in [-0.2, -0.15) is 0 Å². The third-order valence-electron chi connectivity index (χ3n) is 5.25. The minimum absolute atomic E-state index is 1.33. The molecule has 0 saturated heterocycles. The molecular formula is C20H44Cl2Ge2. The summed E-state index contributed by atoms with van der Waals surface area (Å²) in [5, 5.41) is 5.47. The van der Waals surface area contributed by atoms with Crippen LogP contribution in [0.15, 0.2) is 0 Å². The molecular weight excluding hydrogens is 456 g/mol. The normalized spacial score (nSPS) is 16.8. The first-order valence-electron chi connectivity index (χ1n) is 10.7. The summed E-state index contributed by atoms with van der Waals surface area (Å²) in [5.74, 6) is 4.85. The molecule has 0 aromatic carbocycles. The third kappa shape index (κ3) is 17.1. The van der Waals surface area contributed by atoms with Gasteiger partial charge in [-0.25, -0.2) is 0 Å². The molecule has 0 aromatic rings. The molecule has 0 amide bonds. The Kier molecular flexibility index (Phi) is 16.8. The molecule has 146 valence electrons. The number of hydrogen-bond donors (Lipinski definition) is 0. The second-order valence-electron chi connectivity index (χ2n) is 8.36. The van der Waals surface area contributed by atoms with Gasteiger partial charge in [-0.15, -0.1) is 0 Å². The average Bonchev–Trinajstić information content (AvgIpc) is 2.51. The summed E-state index contributed by atoms with van der Waals surface area (Å²) in [6.45, 7) is 4.56. The van der Waals surface area contributed by atoms with Crippen LogP contribution in [0.4, 0.5) is 0 Å². The van der Waals surface area contributed by atoms with Gasteiger partial charge in [0.2, 0.25) is 0 Å². The molecule has 0 saturated carbocycles. The zero-order valence-electron chi connectivity index (χ0n) is 17.1. The van der Waals surface area contributed by atoms with E-state index in [1.54, 1.807) is 0 Å². The van der Waals surface area contributed by atoms with Crippen molar-refractivity contribution in [2.75, 3.05) is 0 Å². The Morgan fingerprint density at radius 1 is 0.458 bits per heavy atom. The first kappa shape index (κ1) is 25.7. The molecule has 0 bridgehead atoms. The van der Waals surface area contributed by atoms with Gasteiger partial charge in [-0.05, 0) is 0 Å². The van der Waals surface area contributed by atoms with Gasteiger partial charge in [0.25, 0.3) is 0 Å². The molecule has 0 rings (SSSR count). The van der Waals surface area contributed by atoms with E-state index >= 15 is 0 Å². The quantitative estimate of drug-likeness (QED) is 0.138. The SMILES string of the molecule is CCCCC[CH2][Ge]([CH3])([Cl])[CH2]CCCC[CH2][Ge]([CH3])([Cl])[CH2]CCCCC. The van der Waals surface area contributed by atoms with Crippen LogP contribution in [0.3, 0.4) is 0 Å². The van der Waals surface area contributed by atoms with Crippen LogP contribution in [0.25, 0.3) is 0 Å². The number of rotatable bonds is 17. The van der Waals surface area contributed by atoms with E-state index in [0.717, 1.165) is 0 Å². The van der Waals surface area contributed by atoms with Gasteiger partial charge in [0.1, 0.15) is 0 Å². The van der Waals surface area contributed by atoms with Crippen molar-refractivity contribution in [1.82, 2.24) is 0 Å². The summed E-state index contributed by atoms with van der Waals surface area (Å²) in [5.41, 5.74) is 0. The van der Waals surface area contributed by atoms with Crippen LogP contribution in [0.5, 0.6) is 0 Å². The van der Waals surface area contributed by atoms with Gasteiger partial charge in [-0.1, -0.05) is 0 Å².